The van der Waals surface area contributed by atoms with Crippen molar-refractivity contribution < 1.29 is 4.79 Å². The summed E-state index contributed by atoms with van der Waals surface area (Å²) in [5.74, 6) is 0.540. The molecule has 0 aliphatic carbocycles. The zero-order valence-corrected chi connectivity index (χ0v) is 19.9. The number of carbonyl (C=O) groups excluding carboxylic acids is 1. The molecule has 0 unspecified atom stereocenters. The largest absolute Gasteiger partial charge is 0.324 e. The second-order valence-electron chi connectivity index (χ2n) is 8.75. The molecule has 1 aliphatic rings. The Hall–Kier alpha value is -3.29. The Morgan fingerprint density at radius 2 is 1.82 bits per heavy atom. The lowest BCUT2D eigenvalue weighted by atomic mass is 10.1. The quantitative estimate of drug-likeness (QED) is 0.622. The van der Waals surface area contributed by atoms with Crippen LogP contribution in [0.25, 0.3) is 11.3 Å². The van der Waals surface area contributed by atoms with Crippen LogP contribution in [0.15, 0.2) is 54.7 Å². The van der Waals surface area contributed by atoms with Crippen LogP contribution < -0.4 is 10.2 Å². The lowest BCUT2D eigenvalue weighted by Crippen LogP contribution is -2.43. The summed E-state index contributed by atoms with van der Waals surface area (Å²) in [4.78, 5) is 27.5. The zero-order valence-electron chi connectivity index (χ0n) is 19.9. The van der Waals surface area contributed by atoms with Crippen LogP contribution in [0.4, 0.5) is 17.3 Å². The van der Waals surface area contributed by atoms with Crippen LogP contribution in [0.5, 0.6) is 0 Å². The van der Waals surface area contributed by atoms with E-state index in [4.69, 9.17) is 4.98 Å². The molecular formula is C26H32N6O. The zero-order chi connectivity index (χ0) is 23.4. The summed E-state index contributed by atoms with van der Waals surface area (Å²) in [6.45, 7) is 9.00. The molecule has 2 heterocycles. The highest BCUT2D eigenvalue weighted by atomic mass is 16.2. The monoisotopic (exact) mass is 444 g/mol. The molecule has 3 aromatic rings. The van der Waals surface area contributed by atoms with Gasteiger partial charge in [0.1, 0.15) is 0 Å². The van der Waals surface area contributed by atoms with E-state index in [0.717, 1.165) is 60.9 Å². The van der Waals surface area contributed by atoms with E-state index in [2.05, 4.69) is 51.4 Å². The van der Waals surface area contributed by atoms with E-state index in [1.165, 1.54) is 5.56 Å². The van der Waals surface area contributed by atoms with Crippen molar-refractivity contribution in [3.05, 3.63) is 65.9 Å². The Balaban J connectivity index is 1.47. The summed E-state index contributed by atoms with van der Waals surface area (Å²) in [6.07, 6.45) is 1.83. The fraction of sp³-hybridized carbons (Fsp3) is 0.346. The Labute approximate surface area is 196 Å². The highest BCUT2D eigenvalue weighted by Gasteiger charge is 2.14. The predicted octanol–water partition coefficient (Wildman–Crippen LogP) is 3.93. The number of hydrogen-bond donors (Lipinski definition) is 1. The van der Waals surface area contributed by atoms with Crippen molar-refractivity contribution in [2.24, 2.45) is 0 Å². The van der Waals surface area contributed by atoms with Gasteiger partial charge in [-0.25, -0.2) is 9.97 Å². The predicted molar refractivity (Wildman–Crippen MR) is 134 cm³/mol. The standard InChI is InChI=1S/C26H32N6O/c1-19-17-27-26(29-25(19)22-6-5-7-24(16-22)31(4)20(2)33)28-23-10-8-21(9-11-23)18-32-14-12-30(3)13-15-32/h5-11,16-17H,12-15,18H2,1-4H3,(H,27,28,29). The number of nitrogens with zero attached hydrogens (tertiary/aromatic N) is 5. The molecule has 1 amide bonds. The molecule has 172 valence electrons. The third-order valence-electron chi connectivity index (χ3n) is 6.16. The van der Waals surface area contributed by atoms with Crippen LogP contribution in [0.2, 0.25) is 0 Å². The van der Waals surface area contributed by atoms with Crippen LogP contribution in [0.1, 0.15) is 18.1 Å². The van der Waals surface area contributed by atoms with Crippen LogP contribution in [-0.2, 0) is 11.3 Å². The van der Waals surface area contributed by atoms with E-state index < -0.39 is 0 Å². The number of aryl methyl sites for hydroxylation is 1. The molecule has 0 radical (unpaired) electrons. The lowest BCUT2D eigenvalue weighted by molar-refractivity contribution is -0.116. The highest BCUT2D eigenvalue weighted by molar-refractivity contribution is 5.91. The molecule has 1 saturated heterocycles. The summed E-state index contributed by atoms with van der Waals surface area (Å²) in [7, 11) is 3.95. The maximum absolute atomic E-state index is 11.8. The van der Waals surface area contributed by atoms with Crippen LogP contribution >= 0.6 is 0 Å². The molecule has 33 heavy (non-hydrogen) atoms. The number of piperazine rings is 1. The third-order valence-corrected chi connectivity index (χ3v) is 6.16. The number of nitrogens with one attached hydrogen (secondary N) is 1. The first-order valence-corrected chi connectivity index (χ1v) is 11.3. The van der Waals surface area contributed by atoms with Crippen molar-refractivity contribution in [3.63, 3.8) is 0 Å². The number of rotatable bonds is 6. The first kappa shape index (κ1) is 22.9. The Morgan fingerprint density at radius 1 is 1.09 bits per heavy atom. The van der Waals surface area contributed by atoms with Gasteiger partial charge in [0.2, 0.25) is 11.9 Å². The number of benzene rings is 2. The topological polar surface area (TPSA) is 64.6 Å². The van der Waals surface area contributed by atoms with E-state index in [0.29, 0.717) is 5.95 Å². The number of hydrogen-bond acceptors (Lipinski definition) is 6. The maximum Gasteiger partial charge on any atom is 0.227 e. The smallest absolute Gasteiger partial charge is 0.227 e. The molecule has 1 aliphatic heterocycles. The second kappa shape index (κ2) is 10.1. The average molecular weight is 445 g/mol. The second-order valence-corrected chi connectivity index (χ2v) is 8.75. The van der Waals surface area contributed by atoms with E-state index >= 15 is 0 Å². The fourth-order valence-electron chi connectivity index (χ4n) is 3.92. The van der Waals surface area contributed by atoms with E-state index in [1.54, 1.807) is 18.9 Å². The summed E-state index contributed by atoms with van der Waals surface area (Å²) >= 11 is 0. The van der Waals surface area contributed by atoms with E-state index in [1.807, 2.05) is 37.4 Å². The van der Waals surface area contributed by atoms with Crippen molar-refractivity contribution in [2.45, 2.75) is 20.4 Å². The van der Waals surface area contributed by atoms with Gasteiger partial charge in [0, 0.05) is 69.8 Å². The first-order chi connectivity index (χ1) is 15.9. The lowest BCUT2D eigenvalue weighted by Gasteiger charge is -2.32. The SMILES string of the molecule is CC(=O)N(C)c1cccc(-c2nc(Nc3ccc(CN4CCN(C)CC4)cc3)ncc2C)c1. The number of anilines is 3. The molecule has 0 saturated carbocycles. The van der Waals surface area contributed by atoms with Crippen LogP contribution in [0.3, 0.4) is 0 Å². The van der Waals surface area contributed by atoms with Crippen molar-refractivity contribution in [3.8, 4) is 11.3 Å². The van der Waals surface area contributed by atoms with Gasteiger partial charge in [-0.15, -0.1) is 0 Å². The molecule has 1 fully saturated rings. The molecule has 0 atom stereocenters. The number of aromatic nitrogens is 2. The molecule has 1 aromatic heterocycles. The van der Waals surface area contributed by atoms with E-state index in [9.17, 15) is 4.79 Å². The fourth-order valence-corrected chi connectivity index (χ4v) is 3.92. The normalized spacial score (nSPS) is 14.8. The number of carbonyl (C=O) groups is 1. The highest BCUT2D eigenvalue weighted by Crippen LogP contribution is 2.27. The molecule has 4 rings (SSSR count). The number of amides is 1. The van der Waals surface area contributed by atoms with Gasteiger partial charge in [-0.05, 0) is 49.4 Å². The van der Waals surface area contributed by atoms with Crippen molar-refractivity contribution in [1.29, 1.82) is 0 Å². The van der Waals surface area contributed by atoms with Gasteiger partial charge in [-0.1, -0.05) is 24.3 Å². The summed E-state index contributed by atoms with van der Waals surface area (Å²) in [6, 6.07) is 16.3. The Morgan fingerprint density at radius 3 is 2.52 bits per heavy atom. The molecule has 7 heteroatoms. The van der Waals surface area contributed by atoms with Gasteiger partial charge >= 0.3 is 0 Å². The molecule has 7 nitrogen and oxygen atoms in total. The summed E-state index contributed by atoms with van der Waals surface area (Å²) in [5.41, 5.74) is 5.87. The van der Waals surface area contributed by atoms with Crippen molar-refractivity contribution in [1.82, 2.24) is 19.8 Å². The van der Waals surface area contributed by atoms with E-state index in [-0.39, 0.29) is 5.91 Å². The van der Waals surface area contributed by atoms with Gasteiger partial charge in [0.25, 0.3) is 0 Å². The van der Waals surface area contributed by atoms with Gasteiger partial charge in [0.05, 0.1) is 5.69 Å². The van der Waals surface area contributed by atoms with Gasteiger partial charge in [0.15, 0.2) is 0 Å². The molecular weight excluding hydrogens is 412 g/mol. The number of likely N-dealkylation sites (N-methyl/N-ethyl adjacent to an activating group) is 1. The summed E-state index contributed by atoms with van der Waals surface area (Å²) < 4.78 is 0. The minimum absolute atomic E-state index is 0.00927. The molecule has 0 bridgehead atoms. The molecule has 0 spiro atoms. The third kappa shape index (κ3) is 5.74. The van der Waals surface area contributed by atoms with Gasteiger partial charge in [-0.3, -0.25) is 9.69 Å². The Kier molecular flexibility index (Phi) is 7.01. The van der Waals surface area contributed by atoms with Crippen molar-refractivity contribution in [2.75, 3.05) is 50.5 Å². The van der Waals surface area contributed by atoms with Crippen LogP contribution in [-0.4, -0.2) is 65.9 Å². The van der Waals surface area contributed by atoms with Gasteiger partial charge < -0.3 is 15.1 Å². The minimum atomic E-state index is -0.00927. The summed E-state index contributed by atoms with van der Waals surface area (Å²) in [5, 5.41) is 3.33. The minimum Gasteiger partial charge on any atom is -0.324 e. The molecule has 2 aromatic carbocycles. The Bertz CT molecular complexity index is 1110. The maximum atomic E-state index is 11.8. The first-order valence-electron chi connectivity index (χ1n) is 11.3. The van der Waals surface area contributed by atoms with Gasteiger partial charge in [-0.2, -0.15) is 0 Å². The van der Waals surface area contributed by atoms with Crippen molar-refractivity contribution >= 4 is 23.2 Å². The average Bonchev–Trinajstić information content (AvgIpc) is 2.82. The molecule has 1 N–H and O–H groups in total. The van der Waals surface area contributed by atoms with Crippen LogP contribution in [0, 0.1) is 6.92 Å².